The van der Waals surface area contributed by atoms with Gasteiger partial charge in [-0.25, -0.2) is 0 Å². The molecule has 0 spiro atoms. The lowest BCUT2D eigenvalue weighted by Gasteiger charge is -2.35. The summed E-state index contributed by atoms with van der Waals surface area (Å²) in [5, 5.41) is 9.77. The number of anilines is 1. The number of piperazine rings is 1. The fraction of sp³-hybridized carbons (Fsp3) is 0.200. The van der Waals surface area contributed by atoms with Crippen LogP contribution in [0.1, 0.15) is 10.4 Å². The van der Waals surface area contributed by atoms with Gasteiger partial charge in [0.2, 0.25) is 0 Å². The Hall–Kier alpha value is -2.70. The number of hydrogen-bond donors (Lipinski definition) is 0. The molecule has 1 aliphatic rings. The number of aromatic nitrogens is 3. The number of halogens is 2. The number of amides is 1. The molecule has 0 saturated carbocycles. The molecule has 1 fully saturated rings. The minimum atomic E-state index is 0.00608. The predicted octanol–water partition coefficient (Wildman–Crippen LogP) is 3.81. The molecule has 4 rings (SSSR count). The molecule has 1 aliphatic heterocycles. The zero-order valence-electron chi connectivity index (χ0n) is 14.9. The molecule has 3 heterocycles. The number of hydrogen-bond acceptors (Lipinski definition) is 5. The summed E-state index contributed by atoms with van der Waals surface area (Å²) in [7, 11) is 0. The van der Waals surface area contributed by atoms with Gasteiger partial charge in [-0.1, -0.05) is 23.2 Å². The summed E-state index contributed by atoms with van der Waals surface area (Å²) in [4.78, 5) is 20.5. The second-order valence-electron chi connectivity index (χ2n) is 6.42. The van der Waals surface area contributed by atoms with Crippen molar-refractivity contribution in [3.05, 3.63) is 70.5 Å². The van der Waals surface area contributed by atoms with Crippen LogP contribution in [0.2, 0.25) is 10.0 Å². The molecule has 2 aromatic heterocycles. The maximum atomic E-state index is 12.5. The third-order valence-corrected chi connectivity index (χ3v) is 5.20. The summed E-state index contributed by atoms with van der Waals surface area (Å²) in [6.45, 7) is 2.64. The van der Waals surface area contributed by atoms with E-state index in [1.54, 1.807) is 36.7 Å². The molecule has 28 heavy (non-hydrogen) atoms. The van der Waals surface area contributed by atoms with Crippen LogP contribution in [0.25, 0.3) is 11.3 Å². The van der Waals surface area contributed by atoms with Crippen LogP contribution in [-0.4, -0.2) is 52.2 Å². The lowest BCUT2D eigenvalue weighted by molar-refractivity contribution is 0.0746. The van der Waals surface area contributed by atoms with Gasteiger partial charge in [0.15, 0.2) is 5.82 Å². The molecular weight excluding hydrogens is 397 g/mol. The van der Waals surface area contributed by atoms with E-state index in [1.165, 1.54) is 0 Å². The van der Waals surface area contributed by atoms with Crippen LogP contribution >= 0.6 is 23.2 Å². The lowest BCUT2D eigenvalue weighted by Crippen LogP contribution is -2.49. The van der Waals surface area contributed by atoms with Crippen LogP contribution in [0, 0.1) is 0 Å². The fourth-order valence-electron chi connectivity index (χ4n) is 3.15. The van der Waals surface area contributed by atoms with Crippen LogP contribution < -0.4 is 4.90 Å². The minimum absolute atomic E-state index is 0.00608. The normalized spacial score (nSPS) is 14.2. The van der Waals surface area contributed by atoms with E-state index in [1.807, 2.05) is 23.1 Å². The van der Waals surface area contributed by atoms with E-state index in [0.29, 0.717) is 47.5 Å². The van der Waals surface area contributed by atoms with Gasteiger partial charge >= 0.3 is 0 Å². The van der Waals surface area contributed by atoms with Crippen LogP contribution in [0.15, 0.2) is 54.9 Å². The molecule has 8 heteroatoms. The van der Waals surface area contributed by atoms with E-state index < -0.39 is 0 Å². The highest BCUT2D eigenvalue weighted by atomic mass is 35.5. The summed E-state index contributed by atoms with van der Waals surface area (Å²) in [6.07, 6.45) is 3.26. The average Bonchev–Trinajstić information content (AvgIpc) is 2.74. The Balaban J connectivity index is 1.42. The Morgan fingerprint density at radius 1 is 0.964 bits per heavy atom. The summed E-state index contributed by atoms with van der Waals surface area (Å²) in [6, 6.07) is 12.7. The van der Waals surface area contributed by atoms with Crippen LogP contribution in [0.5, 0.6) is 0 Å². The Morgan fingerprint density at radius 2 is 1.79 bits per heavy atom. The molecule has 1 aromatic carbocycles. The molecule has 0 unspecified atom stereocenters. The minimum Gasteiger partial charge on any atom is -0.352 e. The van der Waals surface area contributed by atoms with Crippen molar-refractivity contribution >= 4 is 34.9 Å². The second kappa shape index (κ2) is 8.12. The topological polar surface area (TPSA) is 62.2 Å². The molecule has 3 aromatic rings. The summed E-state index contributed by atoms with van der Waals surface area (Å²) in [5.41, 5.74) is 2.09. The molecule has 1 amide bonds. The first kappa shape index (κ1) is 18.7. The smallest absolute Gasteiger partial charge is 0.255 e. The quantitative estimate of drug-likeness (QED) is 0.653. The summed E-state index contributed by atoms with van der Waals surface area (Å²) in [5.74, 6) is 0.786. The SMILES string of the molecule is O=C(c1cccnc1)N1CCN(c2ccc(-c3ccc(Cl)cc3Cl)nn2)CC1. The first-order valence-corrected chi connectivity index (χ1v) is 9.61. The molecule has 0 radical (unpaired) electrons. The van der Waals surface area contributed by atoms with E-state index in [2.05, 4.69) is 20.1 Å². The summed E-state index contributed by atoms with van der Waals surface area (Å²) < 4.78 is 0. The number of rotatable bonds is 3. The average molecular weight is 414 g/mol. The third kappa shape index (κ3) is 3.93. The lowest BCUT2D eigenvalue weighted by atomic mass is 10.1. The van der Waals surface area contributed by atoms with Crippen molar-refractivity contribution in [1.82, 2.24) is 20.1 Å². The van der Waals surface area contributed by atoms with Gasteiger partial charge in [-0.2, -0.15) is 0 Å². The molecule has 0 atom stereocenters. The Kier molecular flexibility index (Phi) is 5.41. The molecule has 1 saturated heterocycles. The van der Waals surface area contributed by atoms with E-state index in [4.69, 9.17) is 23.2 Å². The number of nitrogens with zero attached hydrogens (tertiary/aromatic N) is 5. The van der Waals surface area contributed by atoms with Crippen LogP contribution in [-0.2, 0) is 0 Å². The molecule has 6 nitrogen and oxygen atoms in total. The first-order chi connectivity index (χ1) is 13.6. The molecule has 0 N–H and O–H groups in total. The van der Waals surface area contributed by atoms with Gasteiger partial charge < -0.3 is 9.80 Å². The number of benzene rings is 1. The summed E-state index contributed by atoms with van der Waals surface area (Å²) >= 11 is 12.2. The van der Waals surface area contributed by atoms with Gasteiger partial charge in [-0.05, 0) is 42.5 Å². The number of pyridine rings is 1. The number of carbonyl (C=O) groups is 1. The molecule has 0 bridgehead atoms. The Labute approximate surface area is 172 Å². The monoisotopic (exact) mass is 413 g/mol. The van der Waals surface area contributed by atoms with Gasteiger partial charge in [0, 0.05) is 49.2 Å². The van der Waals surface area contributed by atoms with E-state index in [9.17, 15) is 4.79 Å². The Bertz CT molecular complexity index is 974. The van der Waals surface area contributed by atoms with Crippen molar-refractivity contribution < 1.29 is 4.79 Å². The van der Waals surface area contributed by atoms with Crippen molar-refractivity contribution in [3.8, 4) is 11.3 Å². The van der Waals surface area contributed by atoms with Gasteiger partial charge in [-0.3, -0.25) is 9.78 Å². The van der Waals surface area contributed by atoms with E-state index >= 15 is 0 Å². The van der Waals surface area contributed by atoms with Gasteiger partial charge in [0.1, 0.15) is 0 Å². The van der Waals surface area contributed by atoms with Crippen molar-refractivity contribution in [3.63, 3.8) is 0 Å². The largest absolute Gasteiger partial charge is 0.352 e. The zero-order chi connectivity index (χ0) is 19.5. The maximum absolute atomic E-state index is 12.5. The number of carbonyl (C=O) groups excluding carboxylic acids is 1. The van der Waals surface area contributed by atoms with Crippen molar-refractivity contribution in [2.75, 3.05) is 31.1 Å². The standard InChI is InChI=1S/C20H17Cl2N5O/c21-15-3-4-16(17(22)12-15)18-5-6-19(25-24-18)26-8-10-27(11-9-26)20(28)14-2-1-7-23-13-14/h1-7,12-13H,8-11H2. The fourth-order valence-corrected chi connectivity index (χ4v) is 3.65. The van der Waals surface area contributed by atoms with Crippen molar-refractivity contribution in [1.29, 1.82) is 0 Å². The first-order valence-electron chi connectivity index (χ1n) is 8.85. The highest BCUT2D eigenvalue weighted by Gasteiger charge is 2.23. The molecule has 142 valence electrons. The highest BCUT2D eigenvalue weighted by Crippen LogP contribution is 2.29. The van der Waals surface area contributed by atoms with Crippen LogP contribution in [0.3, 0.4) is 0 Å². The zero-order valence-corrected chi connectivity index (χ0v) is 16.4. The van der Waals surface area contributed by atoms with Crippen molar-refractivity contribution in [2.24, 2.45) is 0 Å². The van der Waals surface area contributed by atoms with Crippen LogP contribution in [0.4, 0.5) is 5.82 Å². The predicted molar refractivity (Wildman–Crippen MR) is 110 cm³/mol. The molecule has 0 aliphatic carbocycles. The third-order valence-electron chi connectivity index (χ3n) is 4.66. The van der Waals surface area contributed by atoms with Gasteiger partial charge in [-0.15, -0.1) is 10.2 Å². The second-order valence-corrected chi connectivity index (χ2v) is 7.27. The van der Waals surface area contributed by atoms with E-state index in [0.717, 1.165) is 11.4 Å². The van der Waals surface area contributed by atoms with Gasteiger partial charge in [0.05, 0.1) is 16.3 Å². The Morgan fingerprint density at radius 3 is 2.43 bits per heavy atom. The van der Waals surface area contributed by atoms with Gasteiger partial charge in [0.25, 0.3) is 5.91 Å². The van der Waals surface area contributed by atoms with Crippen molar-refractivity contribution in [2.45, 2.75) is 0 Å². The van der Waals surface area contributed by atoms with E-state index in [-0.39, 0.29) is 5.91 Å². The maximum Gasteiger partial charge on any atom is 0.255 e. The highest BCUT2D eigenvalue weighted by molar-refractivity contribution is 6.36. The molecular formula is C20H17Cl2N5O.